The van der Waals surface area contributed by atoms with E-state index < -0.39 is 5.41 Å². The van der Waals surface area contributed by atoms with Crippen molar-refractivity contribution < 1.29 is 9.90 Å². The summed E-state index contributed by atoms with van der Waals surface area (Å²) >= 11 is 0. The van der Waals surface area contributed by atoms with E-state index in [1.54, 1.807) is 0 Å². The zero-order chi connectivity index (χ0) is 10.9. The summed E-state index contributed by atoms with van der Waals surface area (Å²) in [6.45, 7) is 11.1. The monoisotopic (exact) mass is 272 g/mol. The predicted octanol–water partition coefficient (Wildman–Crippen LogP) is 1.49. The van der Waals surface area contributed by atoms with Crippen LogP contribution in [0, 0.1) is 10.8 Å². The summed E-state index contributed by atoms with van der Waals surface area (Å²) in [7, 11) is 0. The second-order valence-electron chi connectivity index (χ2n) is 5.39. The molecule has 76 valence electrons. The van der Waals surface area contributed by atoms with Crippen LogP contribution in [0.4, 0.5) is 0 Å². The van der Waals surface area contributed by atoms with Gasteiger partial charge >= 0.3 is 51.3 Å². The fraction of sp³-hybridized carbons (Fsp3) is 0.727. The molecule has 0 aromatic carbocycles. The average molecular weight is 272 g/mol. The van der Waals surface area contributed by atoms with E-state index in [1.165, 1.54) is 6.08 Å². The van der Waals surface area contributed by atoms with E-state index in [4.69, 9.17) is 0 Å². The first-order valence-electron chi connectivity index (χ1n) is 4.51. The van der Waals surface area contributed by atoms with Crippen LogP contribution < -0.4 is 5.11 Å². The maximum atomic E-state index is 11.5. The van der Waals surface area contributed by atoms with Gasteiger partial charge in [-0.1, -0.05) is 20.8 Å². The van der Waals surface area contributed by atoms with Crippen LogP contribution in [0.5, 0.6) is 0 Å². The summed E-state index contributed by atoms with van der Waals surface area (Å²) in [6.07, 6.45) is 1.33. The van der Waals surface area contributed by atoms with Gasteiger partial charge in [-0.3, -0.25) is 4.79 Å². The van der Waals surface area contributed by atoms with E-state index in [9.17, 15) is 9.90 Å². The van der Waals surface area contributed by atoms with Crippen molar-refractivity contribution in [1.82, 2.24) is 0 Å². The summed E-state index contributed by atoms with van der Waals surface area (Å²) in [5.74, 6) is 0.104. The molecule has 0 saturated heterocycles. The molecule has 0 radical (unpaired) electrons. The molecule has 3 heteroatoms. The number of rotatable bonds is 1. The topological polar surface area (TPSA) is 44.5 Å². The van der Waals surface area contributed by atoms with Crippen molar-refractivity contribution >= 4 is 51.3 Å². The Balaban J connectivity index is 0. The normalized spacial score (nSPS) is 13.4. The number of hydrogen-bond donors (Lipinski definition) is 0. The van der Waals surface area contributed by atoms with Gasteiger partial charge < -0.3 is 5.11 Å². The molecule has 0 aliphatic carbocycles. The SMILES string of the molecule is CC(C)(C)C(=[OH+])/C=C(\[O-])C(C)(C)C.[Sr+2]. The Morgan fingerprint density at radius 3 is 1.57 bits per heavy atom. The second kappa shape index (κ2) is 5.69. The molecule has 0 atom stereocenters. The maximum Gasteiger partial charge on any atom is 2.00 e. The molecule has 0 aliphatic rings. The van der Waals surface area contributed by atoms with Crippen LogP contribution in [0.3, 0.4) is 0 Å². The first kappa shape index (κ1) is 17.1. The Hall–Kier alpha value is 0.691. The fourth-order valence-corrected chi connectivity index (χ4v) is 0.557. The van der Waals surface area contributed by atoms with Crippen molar-refractivity contribution in [3.05, 3.63) is 11.8 Å². The van der Waals surface area contributed by atoms with E-state index >= 15 is 0 Å². The van der Waals surface area contributed by atoms with Crippen molar-refractivity contribution in [1.29, 1.82) is 0 Å². The van der Waals surface area contributed by atoms with Crippen LogP contribution in [0.1, 0.15) is 41.5 Å². The summed E-state index contributed by atoms with van der Waals surface area (Å²) in [4.78, 5) is 9.56. The minimum absolute atomic E-state index is 0. The first-order chi connectivity index (χ1) is 5.55. The van der Waals surface area contributed by atoms with Gasteiger partial charge in [-0.25, -0.2) is 0 Å². The van der Waals surface area contributed by atoms with Gasteiger partial charge in [0.1, 0.15) is 0 Å². The van der Waals surface area contributed by atoms with Crippen molar-refractivity contribution in [2.75, 3.05) is 0 Å². The van der Waals surface area contributed by atoms with Crippen molar-refractivity contribution in [3.8, 4) is 0 Å². The van der Waals surface area contributed by atoms with E-state index in [0.29, 0.717) is 0 Å². The Morgan fingerprint density at radius 2 is 1.36 bits per heavy atom. The molecule has 0 rings (SSSR count). The van der Waals surface area contributed by atoms with E-state index in [0.717, 1.165) is 0 Å². The number of carbonyl (C=O) groups excluding carboxylic acids is 1. The van der Waals surface area contributed by atoms with Gasteiger partial charge in [0.2, 0.25) is 0 Å². The van der Waals surface area contributed by atoms with E-state index in [1.807, 2.05) is 41.5 Å². The molecule has 0 spiro atoms. The third-order valence-corrected chi connectivity index (χ3v) is 1.78. The molecule has 14 heavy (non-hydrogen) atoms. The molecule has 1 N–H and O–H groups in total. The van der Waals surface area contributed by atoms with Crippen LogP contribution >= 0.6 is 0 Å². The molecule has 0 aliphatic heterocycles. The van der Waals surface area contributed by atoms with Gasteiger partial charge in [0.25, 0.3) is 0 Å². The van der Waals surface area contributed by atoms with Gasteiger partial charge in [-0.15, -0.1) is 5.76 Å². The Kier molecular flexibility index (Phi) is 6.94. The third kappa shape index (κ3) is 6.23. The van der Waals surface area contributed by atoms with Crippen LogP contribution in [0.25, 0.3) is 0 Å². The second-order valence-corrected chi connectivity index (χ2v) is 5.39. The van der Waals surface area contributed by atoms with E-state index in [2.05, 4.69) is 0 Å². The molecular weight excluding hydrogens is 252 g/mol. The standard InChI is InChI=1S/C11H20O2.Sr/c1-10(2,3)8(12)7-9(13)11(4,5)6;/h7,12H,1-6H3;/q;+2/b8-7-;. The molecule has 0 amide bonds. The summed E-state index contributed by atoms with van der Waals surface area (Å²) in [5, 5.41) is 11.5. The molecule has 0 saturated carbocycles. The Bertz CT molecular complexity index is 229. The average Bonchev–Trinajstić information content (AvgIpc) is 1.82. The first-order valence-corrected chi connectivity index (χ1v) is 4.51. The minimum atomic E-state index is -0.417. The Morgan fingerprint density at radius 1 is 1.00 bits per heavy atom. The molecule has 0 aromatic heterocycles. The van der Waals surface area contributed by atoms with Crippen LogP contribution in [-0.4, -0.2) is 56.1 Å². The van der Waals surface area contributed by atoms with Gasteiger partial charge in [-0.2, -0.15) is 0 Å². The number of ketones is 1. The van der Waals surface area contributed by atoms with Gasteiger partial charge in [0.05, 0.1) is 5.41 Å². The number of allylic oxidation sites excluding steroid dienone is 2. The molecule has 0 bridgehead atoms. The van der Waals surface area contributed by atoms with E-state index in [-0.39, 0.29) is 62.4 Å². The molecule has 2 nitrogen and oxygen atoms in total. The summed E-state index contributed by atoms with van der Waals surface area (Å²) < 4.78 is 0. The fourth-order valence-electron chi connectivity index (χ4n) is 0.557. The third-order valence-electron chi connectivity index (χ3n) is 1.78. The van der Waals surface area contributed by atoms with Gasteiger partial charge in [0, 0.05) is 6.08 Å². The van der Waals surface area contributed by atoms with Gasteiger partial charge in [-0.05, 0) is 26.2 Å². The maximum absolute atomic E-state index is 11.5. The van der Waals surface area contributed by atoms with Crippen LogP contribution in [0.15, 0.2) is 11.8 Å². The predicted molar refractivity (Wildman–Crippen MR) is 59.7 cm³/mol. The van der Waals surface area contributed by atoms with Crippen LogP contribution in [-0.2, 0) is 0 Å². The summed E-state index contributed by atoms with van der Waals surface area (Å²) in [6, 6.07) is 0. The smallest absolute Gasteiger partial charge is 0.875 e. The molecular formula is C11H20O2Sr+2. The van der Waals surface area contributed by atoms with Crippen molar-refractivity contribution in [2.45, 2.75) is 41.5 Å². The summed E-state index contributed by atoms with van der Waals surface area (Å²) in [5.41, 5.74) is -0.764. The molecule has 0 unspecified atom stereocenters. The van der Waals surface area contributed by atoms with Crippen molar-refractivity contribution in [3.63, 3.8) is 0 Å². The number of hydrogen-bond acceptors (Lipinski definition) is 1. The molecule has 0 aromatic rings. The molecule has 0 fully saturated rings. The molecule has 0 heterocycles. The Labute approximate surface area is 124 Å². The largest absolute Gasteiger partial charge is 2.00 e. The van der Waals surface area contributed by atoms with Gasteiger partial charge in [0.15, 0.2) is 0 Å². The minimum Gasteiger partial charge on any atom is -0.875 e. The van der Waals surface area contributed by atoms with Crippen LogP contribution in [0.2, 0.25) is 0 Å². The zero-order valence-corrected chi connectivity index (χ0v) is 13.6. The quantitative estimate of drug-likeness (QED) is 0.308. The zero-order valence-electron chi connectivity index (χ0n) is 10.1. The van der Waals surface area contributed by atoms with Crippen molar-refractivity contribution in [2.24, 2.45) is 10.8 Å².